The van der Waals surface area contributed by atoms with Crippen molar-refractivity contribution in [3.05, 3.63) is 35.9 Å². The van der Waals surface area contributed by atoms with Crippen molar-refractivity contribution in [1.29, 1.82) is 0 Å². The van der Waals surface area contributed by atoms with Crippen LogP contribution in [0.1, 0.15) is 38.2 Å². The number of rotatable bonds is 4. The maximum atomic E-state index is 12.2. The average molecular weight is 344 g/mol. The first kappa shape index (κ1) is 17.7. The number of benzene rings is 1. The Bertz CT molecular complexity index is 592. The van der Waals surface area contributed by atoms with Crippen LogP contribution >= 0.6 is 0 Å². The second-order valence-electron chi connectivity index (χ2n) is 7.13. The minimum absolute atomic E-state index is 0.0764. The molecule has 25 heavy (non-hydrogen) atoms. The van der Waals surface area contributed by atoms with E-state index in [1.807, 2.05) is 6.07 Å². The molecular formula is C19H28N4O2. The lowest BCUT2D eigenvalue weighted by Gasteiger charge is -2.38. The molecule has 1 aromatic rings. The Morgan fingerprint density at radius 1 is 1.24 bits per heavy atom. The highest BCUT2D eigenvalue weighted by atomic mass is 16.2. The van der Waals surface area contributed by atoms with Crippen LogP contribution in [0.25, 0.3) is 0 Å². The molecule has 2 aliphatic heterocycles. The largest absolute Gasteiger partial charge is 0.354 e. The molecule has 1 aromatic carbocycles. The van der Waals surface area contributed by atoms with Gasteiger partial charge < -0.3 is 16.0 Å². The maximum absolute atomic E-state index is 12.2. The summed E-state index contributed by atoms with van der Waals surface area (Å²) >= 11 is 0. The van der Waals surface area contributed by atoms with Crippen LogP contribution in [0, 0.1) is 0 Å². The Balaban J connectivity index is 1.44. The standard InChI is InChI=1S/C19H28N4O2/c1-14-12-16(9-11-23(14)13-15-6-3-2-4-7-15)21-19(25)22-17-8-5-10-20-18(17)24/h2-4,6-7,14,16-17H,5,8-13H2,1H3,(H,20,24)(H2,21,22,25)/t14-,16+,17-/m1/s1. The highest BCUT2D eigenvalue weighted by Crippen LogP contribution is 2.20. The first-order chi connectivity index (χ1) is 12.1. The van der Waals surface area contributed by atoms with Crippen molar-refractivity contribution in [2.45, 2.75) is 57.3 Å². The van der Waals surface area contributed by atoms with Gasteiger partial charge in [-0.05, 0) is 38.2 Å². The molecule has 3 N–H and O–H groups in total. The fraction of sp³-hybridized carbons (Fsp3) is 0.579. The summed E-state index contributed by atoms with van der Waals surface area (Å²) < 4.78 is 0. The molecule has 0 radical (unpaired) electrons. The van der Waals surface area contributed by atoms with Gasteiger partial charge in [0.25, 0.3) is 0 Å². The molecule has 2 saturated heterocycles. The molecule has 3 atom stereocenters. The van der Waals surface area contributed by atoms with Crippen LogP contribution in [-0.2, 0) is 11.3 Å². The van der Waals surface area contributed by atoms with Gasteiger partial charge >= 0.3 is 6.03 Å². The highest BCUT2D eigenvalue weighted by molar-refractivity contribution is 5.87. The zero-order valence-corrected chi connectivity index (χ0v) is 14.8. The fourth-order valence-electron chi connectivity index (χ4n) is 3.70. The second-order valence-corrected chi connectivity index (χ2v) is 7.13. The third kappa shape index (κ3) is 4.95. The molecule has 0 bridgehead atoms. The molecule has 0 spiro atoms. The molecule has 3 amide bonds. The van der Waals surface area contributed by atoms with Crippen LogP contribution in [-0.4, -0.2) is 48.1 Å². The van der Waals surface area contributed by atoms with Crippen LogP contribution in [0.3, 0.4) is 0 Å². The highest BCUT2D eigenvalue weighted by Gasteiger charge is 2.28. The number of hydrogen-bond donors (Lipinski definition) is 3. The van der Waals surface area contributed by atoms with Crippen molar-refractivity contribution in [1.82, 2.24) is 20.9 Å². The summed E-state index contributed by atoms with van der Waals surface area (Å²) in [5, 5.41) is 8.64. The molecule has 2 aliphatic rings. The van der Waals surface area contributed by atoms with Crippen molar-refractivity contribution >= 4 is 11.9 Å². The minimum Gasteiger partial charge on any atom is -0.354 e. The first-order valence-electron chi connectivity index (χ1n) is 9.24. The summed E-state index contributed by atoms with van der Waals surface area (Å²) in [5.74, 6) is -0.0764. The van der Waals surface area contributed by atoms with E-state index < -0.39 is 6.04 Å². The van der Waals surface area contributed by atoms with Gasteiger partial charge in [0.2, 0.25) is 5.91 Å². The smallest absolute Gasteiger partial charge is 0.315 e. The zero-order valence-electron chi connectivity index (χ0n) is 14.8. The van der Waals surface area contributed by atoms with Gasteiger partial charge in [0.05, 0.1) is 0 Å². The predicted molar refractivity (Wildman–Crippen MR) is 97.0 cm³/mol. The van der Waals surface area contributed by atoms with E-state index in [2.05, 4.69) is 52.0 Å². The lowest BCUT2D eigenvalue weighted by atomic mass is 9.97. The summed E-state index contributed by atoms with van der Waals surface area (Å²) in [6.07, 6.45) is 3.48. The van der Waals surface area contributed by atoms with Crippen molar-refractivity contribution in [2.75, 3.05) is 13.1 Å². The first-order valence-corrected chi connectivity index (χ1v) is 9.24. The van der Waals surface area contributed by atoms with Gasteiger partial charge in [0.15, 0.2) is 0 Å². The Morgan fingerprint density at radius 3 is 2.76 bits per heavy atom. The second kappa shape index (κ2) is 8.34. The third-order valence-electron chi connectivity index (χ3n) is 5.17. The molecule has 2 heterocycles. The van der Waals surface area contributed by atoms with Crippen LogP contribution in [0.15, 0.2) is 30.3 Å². The summed E-state index contributed by atoms with van der Waals surface area (Å²) in [4.78, 5) is 26.4. The summed E-state index contributed by atoms with van der Waals surface area (Å²) in [6.45, 7) is 4.83. The van der Waals surface area contributed by atoms with Crippen LogP contribution in [0.2, 0.25) is 0 Å². The molecule has 3 rings (SSSR count). The molecule has 0 saturated carbocycles. The van der Waals surface area contributed by atoms with Crippen LogP contribution in [0.4, 0.5) is 4.79 Å². The van der Waals surface area contributed by atoms with Crippen molar-refractivity contribution < 1.29 is 9.59 Å². The Labute approximate surface area is 149 Å². The number of carbonyl (C=O) groups excluding carboxylic acids is 2. The number of hydrogen-bond acceptors (Lipinski definition) is 3. The summed E-state index contributed by atoms with van der Waals surface area (Å²) in [5.41, 5.74) is 1.32. The molecule has 2 fully saturated rings. The van der Waals surface area contributed by atoms with E-state index in [9.17, 15) is 9.59 Å². The molecule has 0 aromatic heterocycles. The van der Waals surface area contributed by atoms with E-state index in [4.69, 9.17) is 0 Å². The summed E-state index contributed by atoms with van der Waals surface area (Å²) in [6, 6.07) is 10.4. The van der Waals surface area contributed by atoms with E-state index in [1.165, 1.54) is 5.56 Å². The number of piperidine rings is 2. The Kier molecular flexibility index (Phi) is 5.91. The third-order valence-corrected chi connectivity index (χ3v) is 5.17. The quantitative estimate of drug-likeness (QED) is 0.777. The monoisotopic (exact) mass is 344 g/mol. The minimum atomic E-state index is -0.399. The number of urea groups is 1. The van der Waals surface area contributed by atoms with Crippen LogP contribution < -0.4 is 16.0 Å². The number of nitrogens with zero attached hydrogens (tertiary/aromatic N) is 1. The number of nitrogens with one attached hydrogen (secondary N) is 3. The normalized spacial score (nSPS) is 27.4. The van der Waals surface area contributed by atoms with Crippen molar-refractivity contribution in [3.8, 4) is 0 Å². The Hall–Kier alpha value is -2.08. The van der Waals surface area contributed by atoms with Gasteiger partial charge in [-0.25, -0.2) is 4.79 Å². The SMILES string of the molecule is C[C@@H]1C[C@@H](NC(=O)N[C@@H]2CCCNC2=O)CCN1Cc1ccccc1. The van der Waals surface area contributed by atoms with E-state index >= 15 is 0 Å². The summed E-state index contributed by atoms with van der Waals surface area (Å²) in [7, 11) is 0. The van der Waals surface area contributed by atoms with Crippen molar-refractivity contribution in [3.63, 3.8) is 0 Å². The van der Waals surface area contributed by atoms with Crippen LogP contribution in [0.5, 0.6) is 0 Å². The lowest BCUT2D eigenvalue weighted by Crippen LogP contribution is -2.56. The van der Waals surface area contributed by atoms with Gasteiger partial charge in [0.1, 0.15) is 6.04 Å². The van der Waals surface area contributed by atoms with Gasteiger partial charge in [-0.3, -0.25) is 9.69 Å². The molecule has 6 nitrogen and oxygen atoms in total. The predicted octanol–water partition coefficient (Wildman–Crippen LogP) is 1.62. The number of carbonyl (C=O) groups is 2. The molecule has 136 valence electrons. The molecular weight excluding hydrogens is 316 g/mol. The van der Waals surface area contributed by atoms with E-state index in [1.54, 1.807) is 0 Å². The van der Waals surface area contributed by atoms with E-state index in [0.29, 0.717) is 19.0 Å². The van der Waals surface area contributed by atoms with Gasteiger partial charge in [0, 0.05) is 31.7 Å². The average Bonchev–Trinajstić information content (AvgIpc) is 2.60. The maximum Gasteiger partial charge on any atom is 0.315 e. The molecule has 6 heteroatoms. The number of amides is 3. The van der Waals surface area contributed by atoms with Gasteiger partial charge in [-0.2, -0.15) is 0 Å². The molecule has 0 aliphatic carbocycles. The Morgan fingerprint density at radius 2 is 2.04 bits per heavy atom. The lowest BCUT2D eigenvalue weighted by molar-refractivity contribution is -0.124. The fourth-order valence-corrected chi connectivity index (χ4v) is 3.70. The van der Waals surface area contributed by atoms with Gasteiger partial charge in [-0.15, -0.1) is 0 Å². The van der Waals surface area contributed by atoms with E-state index in [-0.39, 0.29) is 18.0 Å². The van der Waals surface area contributed by atoms with E-state index in [0.717, 1.165) is 32.4 Å². The number of likely N-dealkylation sites (tertiary alicyclic amines) is 1. The zero-order chi connectivity index (χ0) is 17.6. The van der Waals surface area contributed by atoms with Crippen molar-refractivity contribution in [2.24, 2.45) is 0 Å². The van der Waals surface area contributed by atoms with Gasteiger partial charge in [-0.1, -0.05) is 30.3 Å². The topological polar surface area (TPSA) is 73.5 Å². The molecule has 0 unspecified atom stereocenters.